The van der Waals surface area contributed by atoms with Crippen LogP contribution in [0.4, 0.5) is 5.82 Å². The minimum Gasteiger partial charge on any atom is -0.476 e. The number of carboxylic acid groups (broad SMARTS) is 1. The van der Waals surface area contributed by atoms with Crippen LogP contribution in [-0.4, -0.2) is 51.6 Å². The number of aromatic carboxylic acids is 1. The normalized spacial score (nSPS) is 23.5. The first-order valence-electron chi connectivity index (χ1n) is 8.26. The van der Waals surface area contributed by atoms with E-state index in [2.05, 4.69) is 20.2 Å². The summed E-state index contributed by atoms with van der Waals surface area (Å²) in [7, 11) is 0. The molecular weight excluding hydrogens is 280 g/mol. The fourth-order valence-corrected chi connectivity index (χ4v) is 3.73. The minimum atomic E-state index is -1.04. The van der Waals surface area contributed by atoms with Gasteiger partial charge in [0.05, 0.1) is 0 Å². The Bertz CT molecular complexity index is 517. The lowest BCUT2D eigenvalue weighted by molar-refractivity contribution is 0.0691. The van der Waals surface area contributed by atoms with Crippen LogP contribution in [0.1, 0.15) is 49.0 Å². The number of likely N-dealkylation sites (tertiary alicyclic amines) is 1. The zero-order chi connectivity index (χ0) is 15.4. The third-order valence-electron chi connectivity index (χ3n) is 4.85. The fraction of sp³-hybridized carbons (Fsp3) is 0.688. The molecule has 1 saturated heterocycles. The van der Waals surface area contributed by atoms with Gasteiger partial charge in [0.2, 0.25) is 0 Å². The van der Waals surface area contributed by atoms with E-state index in [9.17, 15) is 4.79 Å². The van der Waals surface area contributed by atoms with Crippen LogP contribution in [0.15, 0.2) is 12.4 Å². The maximum absolute atomic E-state index is 11.1. The highest BCUT2D eigenvalue weighted by molar-refractivity contribution is 5.90. The van der Waals surface area contributed by atoms with Crippen LogP contribution in [0, 0.1) is 5.92 Å². The van der Waals surface area contributed by atoms with Gasteiger partial charge < -0.3 is 15.3 Å². The van der Waals surface area contributed by atoms with Crippen molar-refractivity contribution in [2.45, 2.75) is 44.6 Å². The van der Waals surface area contributed by atoms with Crippen LogP contribution >= 0.6 is 0 Å². The highest BCUT2D eigenvalue weighted by Gasteiger charge is 2.28. The van der Waals surface area contributed by atoms with E-state index in [0.717, 1.165) is 19.1 Å². The average Bonchev–Trinajstić information content (AvgIpc) is 3.08. The van der Waals surface area contributed by atoms with Gasteiger partial charge in [-0.3, -0.25) is 0 Å². The molecule has 0 bridgehead atoms. The predicted molar refractivity (Wildman–Crippen MR) is 84.0 cm³/mol. The average molecular weight is 304 g/mol. The van der Waals surface area contributed by atoms with Crippen molar-refractivity contribution in [3.05, 3.63) is 18.1 Å². The van der Waals surface area contributed by atoms with Gasteiger partial charge in [0.1, 0.15) is 0 Å². The van der Waals surface area contributed by atoms with Gasteiger partial charge >= 0.3 is 5.97 Å². The molecule has 1 aromatic rings. The summed E-state index contributed by atoms with van der Waals surface area (Å²) in [5, 5.41) is 12.3. The summed E-state index contributed by atoms with van der Waals surface area (Å²) >= 11 is 0. The number of aromatic nitrogens is 2. The Morgan fingerprint density at radius 3 is 2.77 bits per heavy atom. The maximum Gasteiger partial charge on any atom is 0.358 e. The van der Waals surface area contributed by atoms with E-state index in [-0.39, 0.29) is 5.69 Å². The second-order valence-electron chi connectivity index (χ2n) is 6.38. The topological polar surface area (TPSA) is 78.3 Å². The van der Waals surface area contributed by atoms with Crippen LogP contribution in [0.25, 0.3) is 0 Å². The number of nitrogens with zero attached hydrogens (tertiary/aromatic N) is 3. The van der Waals surface area contributed by atoms with E-state index in [0.29, 0.717) is 11.7 Å². The van der Waals surface area contributed by atoms with Crippen LogP contribution < -0.4 is 5.32 Å². The molecule has 1 aromatic heterocycles. The number of hydrogen-bond donors (Lipinski definition) is 2. The Hall–Kier alpha value is -1.69. The quantitative estimate of drug-likeness (QED) is 0.868. The number of piperidine rings is 1. The third kappa shape index (κ3) is 3.55. The lowest BCUT2D eigenvalue weighted by atomic mass is 9.96. The van der Waals surface area contributed by atoms with Gasteiger partial charge in [-0.15, -0.1) is 0 Å². The molecule has 2 aliphatic rings. The lowest BCUT2D eigenvalue weighted by Crippen LogP contribution is -2.43. The minimum absolute atomic E-state index is 0.00552. The van der Waals surface area contributed by atoms with Crippen LogP contribution in [0.2, 0.25) is 0 Å². The van der Waals surface area contributed by atoms with E-state index in [4.69, 9.17) is 5.11 Å². The largest absolute Gasteiger partial charge is 0.476 e. The van der Waals surface area contributed by atoms with Crippen molar-refractivity contribution in [2.75, 3.05) is 25.0 Å². The molecule has 0 amide bonds. The molecule has 6 heteroatoms. The standard InChI is InChI=1S/C16H24N4O2/c21-16(22)14-15(18-8-7-17-14)19-10-12-4-3-9-20(11-12)13-5-1-2-6-13/h7-8,12-13H,1-6,9-11H2,(H,18,19)(H,21,22). The lowest BCUT2D eigenvalue weighted by Gasteiger charge is -2.37. The number of hydrogen-bond acceptors (Lipinski definition) is 5. The van der Waals surface area contributed by atoms with Crippen molar-refractivity contribution in [1.29, 1.82) is 0 Å². The summed E-state index contributed by atoms with van der Waals surface area (Å²) in [6.45, 7) is 3.09. The van der Waals surface area contributed by atoms with Crippen molar-refractivity contribution in [3.63, 3.8) is 0 Å². The predicted octanol–water partition coefficient (Wildman–Crippen LogP) is 2.24. The van der Waals surface area contributed by atoms with Gasteiger partial charge in [-0.1, -0.05) is 12.8 Å². The Morgan fingerprint density at radius 1 is 1.23 bits per heavy atom. The summed E-state index contributed by atoms with van der Waals surface area (Å²) in [5.41, 5.74) is 0.00552. The number of carboxylic acids is 1. The van der Waals surface area contributed by atoms with Gasteiger partial charge in [-0.2, -0.15) is 0 Å². The number of carbonyl (C=O) groups is 1. The van der Waals surface area contributed by atoms with Crippen molar-refractivity contribution in [2.24, 2.45) is 5.92 Å². The van der Waals surface area contributed by atoms with E-state index in [1.807, 2.05) is 0 Å². The van der Waals surface area contributed by atoms with Gasteiger partial charge in [0.25, 0.3) is 0 Å². The van der Waals surface area contributed by atoms with Crippen LogP contribution in [0.5, 0.6) is 0 Å². The zero-order valence-corrected chi connectivity index (χ0v) is 12.9. The first-order valence-corrected chi connectivity index (χ1v) is 8.26. The van der Waals surface area contributed by atoms with Gasteiger partial charge in [-0.25, -0.2) is 14.8 Å². The number of anilines is 1. The molecule has 1 unspecified atom stereocenters. The molecule has 1 aliphatic heterocycles. The molecule has 2 heterocycles. The Balaban J connectivity index is 1.56. The van der Waals surface area contributed by atoms with Crippen molar-refractivity contribution in [1.82, 2.24) is 14.9 Å². The van der Waals surface area contributed by atoms with E-state index in [1.165, 1.54) is 57.5 Å². The van der Waals surface area contributed by atoms with Gasteiger partial charge in [0, 0.05) is 31.5 Å². The monoisotopic (exact) mass is 304 g/mol. The smallest absolute Gasteiger partial charge is 0.358 e. The SMILES string of the molecule is O=C(O)c1nccnc1NCC1CCCN(C2CCCC2)C1. The van der Waals surface area contributed by atoms with Crippen LogP contribution in [-0.2, 0) is 0 Å². The first kappa shape index (κ1) is 15.2. The molecule has 0 spiro atoms. The Labute approximate surface area is 131 Å². The van der Waals surface area contributed by atoms with Crippen LogP contribution in [0.3, 0.4) is 0 Å². The second-order valence-corrected chi connectivity index (χ2v) is 6.38. The van der Waals surface area contributed by atoms with Gasteiger partial charge in [0.15, 0.2) is 11.5 Å². The van der Waals surface area contributed by atoms with Gasteiger partial charge in [-0.05, 0) is 38.1 Å². The maximum atomic E-state index is 11.1. The summed E-state index contributed by atoms with van der Waals surface area (Å²) in [6, 6.07) is 0.772. The molecule has 1 aliphatic carbocycles. The van der Waals surface area contributed by atoms with E-state index < -0.39 is 5.97 Å². The molecule has 120 valence electrons. The molecule has 3 rings (SSSR count). The molecule has 2 fully saturated rings. The highest BCUT2D eigenvalue weighted by atomic mass is 16.4. The third-order valence-corrected chi connectivity index (χ3v) is 4.85. The molecule has 1 saturated carbocycles. The summed E-state index contributed by atoms with van der Waals surface area (Å²) in [4.78, 5) is 21.8. The summed E-state index contributed by atoms with van der Waals surface area (Å²) in [6.07, 6.45) is 10.8. The van der Waals surface area contributed by atoms with E-state index in [1.54, 1.807) is 0 Å². The van der Waals surface area contributed by atoms with Crippen molar-refractivity contribution >= 4 is 11.8 Å². The molecule has 22 heavy (non-hydrogen) atoms. The van der Waals surface area contributed by atoms with Crippen molar-refractivity contribution < 1.29 is 9.90 Å². The fourth-order valence-electron chi connectivity index (χ4n) is 3.73. The molecule has 0 radical (unpaired) electrons. The summed E-state index contributed by atoms with van der Waals surface area (Å²) in [5.74, 6) is -0.0992. The molecule has 6 nitrogen and oxygen atoms in total. The number of nitrogens with one attached hydrogen (secondary N) is 1. The molecule has 2 N–H and O–H groups in total. The highest BCUT2D eigenvalue weighted by Crippen LogP contribution is 2.28. The summed E-state index contributed by atoms with van der Waals surface area (Å²) < 4.78 is 0. The Morgan fingerprint density at radius 2 is 2.00 bits per heavy atom. The molecule has 0 aromatic carbocycles. The second kappa shape index (κ2) is 7.05. The molecule has 1 atom stereocenters. The van der Waals surface area contributed by atoms with E-state index >= 15 is 0 Å². The van der Waals surface area contributed by atoms with Crippen molar-refractivity contribution in [3.8, 4) is 0 Å². The first-order chi connectivity index (χ1) is 10.7. The number of rotatable bonds is 5. The zero-order valence-electron chi connectivity index (χ0n) is 12.9. The molecular formula is C16H24N4O2. The Kier molecular flexibility index (Phi) is 4.87.